The number of carbonyl (C=O) groups is 1. The molecule has 9 heteroatoms. The molecule has 2 aromatic carbocycles. The molecule has 3 rings (SSSR count). The highest BCUT2D eigenvalue weighted by Crippen LogP contribution is 2.39. The third-order valence-electron chi connectivity index (χ3n) is 4.22. The highest BCUT2D eigenvalue weighted by atomic mass is 32.2. The van der Waals surface area contributed by atoms with Crippen molar-refractivity contribution in [3.05, 3.63) is 81.4 Å². The van der Waals surface area contributed by atoms with Gasteiger partial charge in [-0.1, -0.05) is 54.2 Å². The standard InChI is InChI=1S/C21H13N5O3S/c22-10-15-19(14-8-4-5-9-17(14)26(28)29)16(11-23)21(25-20(15)24)30-12-18(27)13-6-2-1-3-7-13/h1-9H,12H2,(H2,24,25). The van der Waals surface area contributed by atoms with Gasteiger partial charge in [-0.2, -0.15) is 10.5 Å². The van der Waals surface area contributed by atoms with Crippen molar-refractivity contribution in [3.8, 4) is 23.3 Å². The second-order valence-corrected chi connectivity index (χ2v) is 6.97. The number of benzene rings is 2. The van der Waals surface area contributed by atoms with Crippen molar-refractivity contribution in [3.63, 3.8) is 0 Å². The molecule has 1 aromatic heterocycles. The summed E-state index contributed by atoms with van der Waals surface area (Å²) in [6.45, 7) is 0. The van der Waals surface area contributed by atoms with Gasteiger partial charge in [-0.05, 0) is 6.07 Å². The fraction of sp³-hybridized carbons (Fsp3) is 0.0476. The fourth-order valence-electron chi connectivity index (χ4n) is 2.86. The van der Waals surface area contributed by atoms with E-state index in [1.165, 1.54) is 18.2 Å². The number of para-hydroxylation sites is 1. The van der Waals surface area contributed by atoms with Gasteiger partial charge in [0.15, 0.2) is 5.78 Å². The van der Waals surface area contributed by atoms with Crippen LogP contribution in [0.4, 0.5) is 11.5 Å². The Hall–Kier alpha value is -4.21. The van der Waals surface area contributed by atoms with Crippen LogP contribution in [-0.2, 0) is 0 Å². The monoisotopic (exact) mass is 415 g/mol. The number of ketones is 1. The molecule has 30 heavy (non-hydrogen) atoms. The molecule has 3 aromatic rings. The predicted molar refractivity (Wildman–Crippen MR) is 112 cm³/mol. The van der Waals surface area contributed by atoms with Crippen LogP contribution in [-0.4, -0.2) is 21.4 Å². The largest absolute Gasteiger partial charge is 0.383 e. The zero-order chi connectivity index (χ0) is 21.7. The van der Waals surface area contributed by atoms with Crippen molar-refractivity contribution >= 4 is 29.1 Å². The first-order valence-corrected chi connectivity index (χ1v) is 9.55. The molecule has 146 valence electrons. The second kappa shape index (κ2) is 8.86. The number of thioether (sulfide) groups is 1. The Morgan fingerprint density at radius 1 is 1.07 bits per heavy atom. The number of anilines is 1. The summed E-state index contributed by atoms with van der Waals surface area (Å²) in [5.41, 5.74) is 6.11. The van der Waals surface area contributed by atoms with Crippen LogP contribution < -0.4 is 5.73 Å². The van der Waals surface area contributed by atoms with Crippen LogP contribution in [0.5, 0.6) is 0 Å². The Morgan fingerprint density at radius 3 is 2.33 bits per heavy atom. The summed E-state index contributed by atoms with van der Waals surface area (Å²) in [5, 5.41) is 30.9. The maximum atomic E-state index is 12.4. The number of aromatic nitrogens is 1. The minimum absolute atomic E-state index is 0.0205. The Bertz CT molecular complexity index is 1230. The summed E-state index contributed by atoms with van der Waals surface area (Å²) in [7, 11) is 0. The van der Waals surface area contributed by atoms with Crippen LogP contribution >= 0.6 is 11.8 Å². The van der Waals surface area contributed by atoms with Crippen LogP contribution in [0, 0.1) is 32.8 Å². The number of nitriles is 2. The number of Topliss-reactive ketones (excluding diaryl/α,β-unsaturated/α-hetero) is 1. The molecule has 1 heterocycles. The molecular weight excluding hydrogens is 402 g/mol. The highest BCUT2D eigenvalue weighted by molar-refractivity contribution is 8.00. The van der Waals surface area contributed by atoms with Crippen LogP contribution in [0.1, 0.15) is 21.5 Å². The molecule has 0 atom stereocenters. The molecule has 8 nitrogen and oxygen atoms in total. The van der Waals surface area contributed by atoms with Gasteiger partial charge in [0.2, 0.25) is 0 Å². The molecule has 0 fully saturated rings. The number of hydrogen-bond acceptors (Lipinski definition) is 8. The molecule has 0 unspecified atom stereocenters. The molecule has 0 aliphatic carbocycles. The van der Waals surface area contributed by atoms with E-state index in [0.717, 1.165) is 11.8 Å². The van der Waals surface area contributed by atoms with Crippen LogP contribution in [0.2, 0.25) is 0 Å². The minimum Gasteiger partial charge on any atom is -0.383 e. The lowest BCUT2D eigenvalue weighted by atomic mass is 9.95. The number of nitrogen functional groups attached to an aromatic ring is 1. The quantitative estimate of drug-likeness (QED) is 0.275. The second-order valence-electron chi connectivity index (χ2n) is 6.00. The van der Waals surface area contributed by atoms with Crippen LogP contribution in [0.25, 0.3) is 11.1 Å². The van der Waals surface area contributed by atoms with Crippen molar-refractivity contribution < 1.29 is 9.72 Å². The van der Waals surface area contributed by atoms with Gasteiger partial charge >= 0.3 is 0 Å². The zero-order valence-electron chi connectivity index (χ0n) is 15.4. The average Bonchev–Trinajstić information content (AvgIpc) is 2.77. The number of nitrogens with zero attached hydrogens (tertiary/aromatic N) is 4. The lowest BCUT2D eigenvalue weighted by Gasteiger charge is -2.13. The molecule has 0 radical (unpaired) electrons. The van der Waals surface area contributed by atoms with Gasteiger partial charge in [-0.25, -0.2) is 4.98 Å². The van der Waals surface area contributed by atoms with Crippen molar-refractivity contribution in [1.29, 1.82) is 10.5 Å². The average molecular weight is 415 g/mol. The van der Waals surface area contributed by atoms with Gasteiger partial charge in [0, 0.05) is 17.2 Å². The van der Waals surface area contributed by atoms with E-state index >= 15 is 0 Å². The number of nitrogens with two attached hydrogens (primary N) is 1. The van der Waals surface area contributed by atoms with Gasteiger partial charge in [0.1, 0.15) is 28.5 Å². The van der Waals surface area contributed by atoms with Crippen LogP contribution in [0.3, 0.4) is 0 Å². The van der Waals surface area contributed by atoms with E-state index in [1.807, 2.05) is 12.1 Å². The van der Waals surface area contributed by atoms with E-state index in [4.69, 9.17) is 5.73 Å². The van der Waals surface area contributed by atoms with E-state index < -0.39 is 4.92 Å². The molecule has 0 amide bonds. The molecule has 0 saturated heterocycles. The summed E-state index contributed by atoms with van der Waals surface area (Å²) in [6.07, 6.45) is 0. The number of nitro groups is 1. The first-order chi connectivity index (χ1) is 14.5. The normalized spacial score (nSPS) is 10.1. The molecular formula is C21H13N5O3S. The Balaban J connectivity index is 2.12. The van der Waals surface area contributed by atoms with Gasteiger partial charge in [0.05, 0.1) is 21.8 Å². The van der Waals surface area contributed by atoms with E-state index in [0.29, 0.717) is 5.56 Å². The molecule has 0 aliphatic heterocycles. The smallest absolute Gasteiger partial charge is 0.277 e. The lowest BCUT2D eigenvalue weighted by Crippen LogP contribution is -2.07. The molecule has 0 bridgehead atoms. The summed E-state index contributed by atoms with van der Waals surface area (Å²) in [6, 6.07) is 18.2. The summed E-state index contributed by atoms with van der Waals surface area (Å²) >= 11 is 0.989. The summed E-state index contributed by atoms with van der Waals surface area (Å²) in [4.78, 5) is 27.4. The Kier molecular flexibility index (Phi) is 6.06. The first-order valence-electron chi connectivity index (χ1n) is 8.56. The summed E-state index contributed by atoms with van der Waals surface area (Å²) in [5.74, 6) is -0.367. The predicted octanol–water partition coefficient (Wildman–Crippen LogP) is 3.96. The van der Waals surface area contributed by atoms with Gasteiger partial charge in [-0.3, -0.25) is 14.9 Å². The number of carbonyl (C=O) groups excluding carboxylic acids is 1. The van der Waals surface area contributed by atoms with Gasteiger partial charge in [0.25, 0.3) is 5.69 Å². The van der Waals surface area contributed by atoms with E-state index in [-0.39, 0.29) is 50.3 Å². The number of nitro benzene ring substituents is 1. The number of pyridine rings is 1. The first kappa shape index (κ1) is 20.5. The molecule has 0 aliphatic rings. The molecule has 0 spiro atoms. The number of hydrogen-bond donors (Lipinski definition) is 1. The number of rotatable bonds is 6. The lowest BCUT2D eigenvalue weighted by molar-refractivity contribution is -0.384. The zero-order valence-corrected chi connectivity index (χ0v) is 16.2. The van der Waals surface area contributed by atoms with Crippen LogP contribution in [0.15, 0.2) is 59.6 Å². The van der Waals surface area contributed by atoms with E-state index in [2.05, 4.69) is 4.98 Å². The van der Waals surface area contributed by atoms with E-state index in [9.17, 15) is 25.4 Å². The minimum atomic E-state index is -0.597. The highest BCUT2D eigenvalue weighted by Gasteiger charge is 2.26. The van der Waals surface area contributed by atoms with Crippen molar-refractivity contribution in [2.45, 2.75) is 5.03 Å². The van der Waals surface area contributed by atoms with Gasteiger partial charge < -0.3 is 5.73 Å². The van der Waals surface area contributed by atoms with E-state index in [1.54, 1.807) is 36.4 Å². The summed E-state index contributed by atoms with van der Waals surface area (Å²) < 4.78 is 0. The topological polar surface area (TPSA) is 147 Å². The van der Waals surface area contributed by atoms with Crippen molar-refractivity contribution in [1.82, 2.24) is 4.98 Å². The molecule has 2 N–H and O–H groups in total. The maximum Gasteiger partial charge on any atom is 0.277 e. The van der Waals surface area contributed by atoms with Crippen molar-refractivity contribution in [2.75, 3.05) is 11.5 Å². The Morgan fingerprint density at radius 2 is 1.70 bits per heavy atom. The Labute approximate surface area is 175 Å². The third kappa shape index (κ3) is 3.97. The maximum absolute atomic E-state index is 12.4. The van der Waals surface area contributed by atoms with Gasteiger partial charge in [-0.15, -0.1) is 0 Å². The fourth-order valence-corrected chi connectivity index (χ4v) is 3.75. The molecule has 0 saturated carbocycles. The van der Waals surface area contributed by atoms with Crippen molar-refractivity contribution in [2.24, 2.45) is 0 Å². The SMILES string of the molecule is N#Cc1c(N)nc(SCC(=O)c2ccccc2)c(C#N)c1-c1ccccc1[N+](=O)[O-]. The third-order valence-corrected chi connectivity index (χ3v) is 5.20.